The molecule has 0 saturated heterocycles. The fraction of sp³-hybridized carbons (Fsp3) is 0.545. The number of hydrogen-bond acceptors (Lipinski definition) is 14. The van der Waals surface area contributed by atoms with Crippen molar-refractivity contribution in [2.45, 2.75) is 232 Å². The smallest absolute Gasteiger partial charge is 0.463 e. The zero-order chi connectivity index (χ0) is 69.5. The molecule has 534 valence electrons. The molecule has 0 amide bonds. The van der Waals surface area contributed by atoms with E-state index >= 15 is 0 Å². The molecule has 0 aliphatic rings. The second-order valence-corrected chi connectivity index (χ2v) is 25.1. The number of unbranched alkanes of at least 4 members (excludes halogenated alkanes) is 8. The van der Waals surface area contributed by atoms with Crippen molar-refractivity contribution in [1.82, 2.24) is 0 Å². The number of aliphatic hydroxyl groups is 2. The summed E-state index contributed by atoms with van der Waals surface area (Å²) >= 11 is 0. The third kappa shape index (κ3) is 69.6. The van der Waals surface area contributed by atoms with Gasteiger partial charge in [-0.25, -0.2) is 9.13 Å². The minimum atomic E-state index is -4.96. The van der Waals surface area contributed by atoms with Crippen molar-refractivity contribution >= 4 is 33.6 Å². The van der Waals surface area contributed by atoms with Crippen LogP contribution >= 0.6 is 15.6 Å². The van der Waals surface area contributed by atoms with Gasteiger partial charge in [0, 0.05) is 19.3 Å². The molecule has 0 heterocycles. The number of phosphoric acid groups is 2. The van der Waals surface area contributed by atoms with Crippen LogP contribution in [0.1, 0.15) is 213 Å². The number of allylic oxidation sites excluding steroid dienone is 32. The highest BCUT2D eigenvalue weighted by atomic mass is 31.2. The number of phosphoric ester groups is 2. The molecule has 0 aromatic rings. The third-order valence-corrected chi connectivity index (χ3v) is 15.2. The Morgan fingerprint density at radius 1 is 0.295 bits per heavy atom. The molecule has 0 fully saturated rings. The first-order valence-electron chi connectivity index (χ1n) is 34.7. The summed E-state index contributed by atoms with van der Waals surface area (Å²) in [5.41, 5.74) is 0. The molecular weight excluding hydrogens is 1240 g/mol. The molecule has 5 unspecified atom stereocenters. The van der Waals surface area contributed by atoms with E-state index in [9.17, 15) is 43.5 Å². The molecule has 0 aliphatic carbocycles. The van der Waals surface area contributed by atoms with Gasteiger partial charge in [0.2, 0.25) is 0 Å². The summed E-state index contributed by atoms with van der Waals surface area (Å²) < 4.78 is 60.8. The fourth-order valence-corrected chi connectivity index (χ4v) is 9.69. The van der Waals surface area contributed by atoms with Crippen LogP contribution in [0.2, 0.25) is 0 Å². The monoisotopic (exact) mass is 1360 g/mol. The molecule has 0 aromatic carbocycles. The molecule has 0 aliphatic heterocycles. The normalized spacial score (nSPS) is 15.3. The number of esters is 3. The van der Waals surface area contributed by atoms with E-state index in [-0.39, 0.29) is 19.3 Å². The Morgan fingerprint density at radius 3 is 0.863 bits per heavy atom. The lowest BCUT2D eigenvalue weighted by Crippen LogP contribution is -2.30. The molecular formula is C77H120O16P2. The highest BCUT2D eigenvalue weighted by molar-refractivity contribution is 7.47. The van der Waals surface area contributed by atoms with Crippen molar-refractivity contribution < 1.29 is 75.8 Å². The second kappa shape index (κ2) is 68.3. The molecule has 18 heteroatoms. The highest BCUT2D eigenvalue weighted by Gasteiger charge is 2.29. The predicted octanol–water partition coefficient (Wildman–Crippen LogP) is 19.6. The molecule has 0 saturated carbocycles. The van der Waals surface area contributed by atoms with Crippen molar-refractivity contribution in [3.8, 4) is 0 Å². The van der Waals surface area contributed by atoms with Gasteiger partial charge in [0.05, 0.1) is 26.4 Å². The summed E-state index contributed by atoms with van der Waals surface area (Å²) in [5.74, 6) is -1.73. The van der Waals surface area contributed by atoms with E-state index in [1.165, 1.54) is 0 Å². The van der Waals surface area contributed by atoms with Gasteiger partial charge in [-0.2, -0.15) is 0 Å². The van der Waals surface area contributed by atoms with Gasteiger partial charge in [0.25, 0.3) is 0 Å². The van der Waals surface area contributed by atoms with Crippen LogP contribution in [-0.2, 0) is 55.8 Å². The maximum Gasteiger partial charge on any atom is 0.472 e. The standard InChI is InChI=1S/C77H120O16P2/c1-4-7-10-13-16-19-22-25-28-31-33-34-35-36-38-41-42-45-48-51-54-57-60-63-75(80)87-66-72(78)67-89-94(83,84)90-68-73(79)69-91-95(85,86)92-71-74(93-77(82)65-62-59-56-53-50-47-44-39-30-27-24-21-18-15-12-9-6-3)70-88-76(81)64-61-58-55-52-49-46-43-40-37-32-29-26-23-20-17-14-11-8-5-2/h7-12,16-21,25-30,33-34,36-38,40,42,44-47,49,53,56,72-74,78-79H,4-6,13-15,22-24,31-32,35,39,41,43,48,50-52,54-55,57-71H2,1-3H3,(H,83,84)(H,85,86)/b10-7-,11-8-,12-9-,19-16-,20-17-,21-18-,28-25-,29-26-,30-27-,34-33-,38-36-,40-37-,45-42-,47-44-,49-46-,56-53-. The van der Waals surface area contributed by atoms with Crippen molar-refractivity contribution in [2.75, 3.05) is 39.6 Å². The molecule has 0 aromatic heterocycles. The highest BCUT2D eigenvalue weighted by Crippen LogP contribution is 2.45. The van der Waals surface area contributed by atoms with Crippen LogP contribution in [0.25, 0.3) is 0 Å². The Bertz CT molecular complexity index is 2510. The minimum Gasteiger partial charge on any atom is -0.463 e. The zero-order valence-corrected chi connectivity index (χ0v) is 59.5. The summed E-state index contributed by atoms with van der Waals surface area (Å²) in [7, 11) is -9.84. The van der Waals surface area contributed by atoms with Gasteiger partial charge in [0.1, 0.15) is 25.4 Å². The van der Waals surface area contributed by atoms with Crippen LogP contribution in [0.5, 0.6) is 0 Å². The van der Waals surface area contributed by atoms with Crippen LogP contribution in [0.15, 0.2) is 194 Å². The van der Waals surface area contributed by atoms with Crippen molar-refractivity contribution in [3.63, 3.8) is 0 Å². The van der Waals surface area contributed by atoms with E-state index in [1.54, 1.807) is 0 Å². The quantitative estimate of drug-likeness (QED) is 0.0146. The first-order valence-corrected chi connectivity index (χ1v) is 37.7. The van der Waals surface area contributed by atoms with Gasteiger partial charge in [0.15, 0.2) is 6.10 Å². The summed E-state index contributed by atoms with van der Waals surface area (Å²) in [6, 6.07) is 0. The number of carbonyl (C=O) groups excluding carboxylic acids is 3. The summed E-state index contributed by atoms with van der Waals surface area (Å²) in [5, 5.41) is 20.6. The van der Waals surface area contributed by atoms with E-state index in [4.69, 9.17) is 32.3 Å². The van der Waals surface area contributed by atoms with Gasteiger partial charge in [-0.05, 0) is 154 Å². The minimum absolute atomic E-state index is 0.00902. The second-order valence-electron chi connectivity index (χ2n) is 22.2. The number of carbonyl (C=O) groups is 3. The topological polar surface area (TPSA) is 231 Å². The lowest BCUT2D eigenvalue weighted by atomic mass is 10.1. The summed E-state index contributed by atoms with van der Waals surface area (Å²) in [6.07, 6.45) is 87.7. The first kappa shape index (κ1) is 89.4. The number of ether oxygens (including phenoxy) is 3. The average molecular weight is 1360 g/mol. The molecule has 0 spiro atoms. The SMILES string of the molecule is CC/C=C\C/C=C\C/C=C\C/C=C\C/C=C\C/C=C\CCCCCCC(=O)OCC(O)COP(=O)(O)OCC(O)COP(=O)(O)OCC(COC(=O)CCCCC/C=C\C/C=C\C/C=C\C/C=C\C/C=C\CC)OC(=O)CCC/C=C\C/C=C\C/C=C\C/C=C\C/C=C\CC. The van der Waals surface area contributed by atoms with Crippen LogP contribution in [-0.4, -0.2) is 95.9 Å². The van der Waals surface area contributed by atoms with Crippen molar-refractivity contribution in [3.05, 3.63) is 194 Å². The van der Waals surface area contributed by atoms with Crippen LogP contribution in [0.3, 0.4) is 0 Å². The molecule has 0 radical (unpaired) electrons. The third-order valence-electron chi connectivity index (χ3n) is 13.3. The van der Waals surface area contributed by atoms with Gasteiger partial charge in [-0.3, -0.25) is 32.5 Å². The molecule has 16 nitrogen and oxygen atoms in total. The lowest BCUT2D eigenvalue weighted by molar-refractivity contribution is -0.161. The van der Waals surface area contributed by atoms with E-state index < -0.39 is 91.5 Å². The lowest BCUT2D eigenvalue weighted by Gasteiger charge is -2.21. The maximum absolute atomic E-state index is 12.9. The van der Waals surface area contributed by atoms with Crippen LogP contribution < -0.4 is 0 Å². The average Bonchev–Trinajstić information content (AvgIpc) is 2.05. The van der Waals surface area contributed by atoms with E-state index in [1.807, 2.05) is 12.2 Å². The van der Waals surface area contributed by atoms with Gasteiger partial charge >= 0.3 is 33.6 Å². The summed E-state index contributed by atoms with van der Waals surface area (Å²) in [6.45, 7) is 2.14. The Labute approximate surface area is 572 Å². The van der Waals surface area contributed by atoms with E-state index in [0.717, 1.165) is 148 Å². The van der Waals surface area contributed by atoms with Crippen LogP contribution in [0, 0.1) is 0 Å². The number of rotatable bonds is 63. The Morgan fingerprint density at radius 2 is 0.537 bits per heavy atom. The Hall–Kier alpha value is -5.61. The molecule has 4 N–H and O–H groups in total. The van der Waals surface area contributed by atoms with Crippen molar-refractivity contribution in [1.29, 1.82) is 0 Å². The number of hydrogen-bond donors (Lipinski definition) is 4. The predicted molar refractivity (Wildman–Crippen MR) is 389 cm³/mol. The largest absolute Gasteiger partial charge is 0.472 e. The molecule has 5 atom stereocenters. The summed E-state index contributed by atoms with van der Waals surface area (Å²) in [4.78, 5) is 58.4. The maximum atomic E-state index is 12.9. The van der Waals surface area contributed by atoms with E-state index in [2.05, 4.69) is 203 Å². The van der Waals surface area contributed by atoms with Gasteiger partial charge in [-0.15, -0.1) is 0 Å². The molecule has 0 bridgehead atoms. The van der Waals surface area contributed by atoms with E-state index in [0.29, 0.717) is 25.7 Å². The Balaban J connectivity index is 4.80. The zero-order valence-electron chi connectivity index (χ0n) is 57.7. The van der Waals surface area contributed by atoms with Crippen LogP contribution in [0.4, 0.5) is 0 Å². The number of aliphatic hydroxyl groups excluding tert-OH is 2. The van der Waals surface area contributed by atoms with Gasteiger partial charge in [-0.1, -0.05) is 234 Å². The Kier molecular flexibility index (Phi) is 64.3. The van der Waals surface area contributed by atoms with Crippen molar-refractivity contribution in [2.24, 2.45) is 0 Å². The van der Waals surface area contributed by atoms with Gasteiger partial charge < -0.3 is 34.2 Å². The molecule has 95 heavy (non-hydrogen) atoms. The molecule has 0 rings (SSSR count). The fourth-order valence-electron chi connectivity index (χ4n) is 8.10. The first-order chi connectivity index (χ1) is 46.2.